The molecule has 0 bridgehead atoms. The van der Waals surface area contributed by atoms with Crippen LogP contribution in [0, 0.1) is 5.82 Å². The Morgan fingerprint density at radius 1 is 0.872 bits per heavy atom. The number of nitrogens with zero attached hydrogens (tertiary/aromatic N) is 1. The van der Waals surface area contributed by atoms with Gasteiger partial charge < -0.3 is 19.7 Å². The second-order valence-corrected chi connectivity index (χ2v) is 9.37. The number of para-hydroxylation sites is 1. The van der Waals surface area contributed by atoms with Crippen LogP contribution in [0.15, 0.2) is 97.1 Å². The van der Waals surface area contributed by atoms with Crippen LogP contribution in [0.4, 0.5) is 4.39 Å². The van der Waals surface area contributed by atoms with Crippen molar-refractivity contribution in [2.45, 2.75) is 25.0 Å². The van der Waals surface area contributed by atoms with Crippen LogP contribution in [-0.2, 0) is 17.9 Å². The summed E-state index contributed by atoms with van der Waals surface area (Å²) in [7, 11) is 3.18. The lowest BCUT2D eigenvalue weighted by Crippen LogP contribution is -2.47. The van der Waals surface area contributed by atoms with E-state index < -0.39 is 12.0 Å². The van der Waals surface area contributed by atoms with Crippen LogP contribution in [0.3, 0.4) is 0 Å². The molecule has 0 radical (unpaired) electrons. The lowest BCUT2D eigenvalue weighted by Gasteiger charge is -2.42. The fourth-order valence-corrected chi connectivity index (χ4v) is 5.15. The zero-order valence-electron chi connectivity index (χ0n) is 21.8. The summed E-state index contributed by atoms with van der Waals surface area (Å²) in [4.78, 5) is 29.6. The Bertz CT molecular complexity index is 1470. The van der Waals surface area contributed by atoms with Gasteiger partial charge in [-0.2, -0.15) is 0 Å². The second kappa shape index (κ2) is 11.4. The van der Waals surface area contributed by atoms with Crippen molar-refractivity contribution in [1.29, 1.82) is 0 Å². The number of nitrogens with one attached hydrogen (secondary N) is 1. The van der Waals surface area contributed by atoms with Gasteiger partial charge >= 0.3 is 0 Å². The Labute approximate surface area is 227 Å². The van der Waals surface area contributed by atoms with Crippen molar-refractivity contribution in [3.05, 3.63) is 131 Å². The van der Waals surface area contributed by atoms with Gasteiger partial charge in [0.15, 0.2) is 0 Å². The standard InChI is InChI=1S/C32H29FN2O4/c1-38-25-17-13-22(14-18-25)30-29(31(36)34-19-23-7-3-6-10-28(23)39-2)26-8-4-5-9-27(26)32(37)35(30)20-21-11-15-24(33)16-12-21/h3-18,29-30H,19-20H2,1-2H3,(H,34,36)/t29-,30+/m1/s1. The number of benzene rings is 4. The van der Waals surface area contributed by atoms with Gasteiger partial charge in [-0.15, -0.1) is 0 Å². The van der Waals surface area contributed by atoms with Gasteiger partial charge in [0.25, 0.3) is 5.91 Å². The van der Waals surface area contributed by atoms with Crippen molar-refractivity contribution in [1.82, 2.24) is 10.2 Å². The third-order valence-corrected chi connectivity index (χ3v) is 7.09. The number of amides is 2. The van der Waals surface area contributed by atoms with Crippen molar-refractivity contribution >= 4 is 11.8 Å². The average Bonchev–Trinajstić information content (AvgIpc) is 2.98. The second-order valence-electron chi connectivity index (χ2n) is 9.37. The monoisotopic (exact) mass is 524 g/mol. The first kappa shape index (κ1) is 26.0. The molecule has 1 N–H and O–H groups in total. The van der Waals surface area contributed by atoms with Crippen LogP contribution >= 0.6 is 0 Å². The van der Waals surface area contributed by atoms with E-state index in [1.807, 2.05) is 60.7 Å². The smallest absolute Gasteiger partial charge is 0.255 e. The number of rotatable bonds is 8. The molecule has 2 amide bonds. The number of fused-ring (bicyclic) bond motifs is 1. The van der Waals surface area contributed by atoms with Crippen LogP contribution in [-0.4, -0.2) is 30.9 Å². The van der Waals surface area contributed by atoms with Gasteiger partial charge in [-0.3, -0.25) is 9.59 Å². The highest BCUT2D eigenvalue weighted by atomic mass is 19.1. The zero-order chi connectivity index (χ0) is 27.4. The Morgan fingerprint density at radius 2 is 1.56 bits per heavy atom. The maximum Gasteiger partial charge on any atom is 0.255 e. The van der Waals surface area contributed by atoms with E-state index >= 15 is 0 Å². The van der Waals surface area contributed by atoms with Gasteiger partial charge in [-0.05, 0) is 53.1 Å². The molecular formula is C32H29FN2O4. The summed E-state index contributed by atoms with van der Waals surface area (Å²) in [5.41, 5.74) is 3.53. The van der Waals surface area contributed by atoms with Gasteiger partial charge in [0, 0.05) is 24.2 Å². The zero-order valence-corrected chi connectivity index (χ0v) is 21.8. The predicted molar refractivity (Wildman–Crippen MR) is 146 cm³/mol. The van der Waals surface area contributed by atoms with Crippen molar-refractivity contribution < 1.29 is 23.5 Å². The third-order valence-electron chi connectivity index (χ3n) is 7.09. The third kappa shape index (κ3) is 5.34. The van der Waals surface area contributed by atoms with Crippen LogP contribution in [0.25, 0.3) is 0 Å². The number of hydrogen-bond donors (Lipinski definition) is 1. The van der Waals surface area contributed by atoms with Crippen LogP contribution in [0.2, 0.25) is 0 Å². The van der Waals surface area contributed by atoms with Crippen molar-refractivity contribution in [2.75, 3.05) is 14.2 Å². The number of hydrogen-bond acceptors (Lipinski definition) is 4. The minimum Gasteiger partial charge on any atom is -0.497 e. The molecule has 6 nitrogen and oxygen atoms in total. The molecule has 0 spiro atoms. The molecule has 39 heavy (non-hydrogen) atoms. The first-order valence-electron chi connectivity index (χ1n) is 12.7. The highest BCUT2D eigenvalue weighted by Gasteiger charge is 2.44. The predicted octanol–water partition coefficient (Wildman–Crippen LogP) is 5.64. The molecule has 0 aliphatic carbocycles. The first-order chi connectivity index (χ1) is 19.0. The van der Waals surface area contributed by atoms with E-state index in [2.05, 4.69) is 5.32 Å². The molecule has 7 heteroatoms. The fraction of sp³-hybridized carbons (Fsp3) is 0.188. The maximum absolute atomic E-state index is 14.0. The van der Waals surface area contributed by atoms with E-state index in [4.69, 9.17) is 9.47 Å². The summed E-state index contributed by atoms with van der Waals surface area (Å²) in [5.74, 6) is -0.0997. The summed E-state index contributed by atoms with van der Waals surface area (Å²) < 4.78 is 24.4. The molecule has 0 aromatic heterocycles. The summed E-state index contributed by atoms with van der Waals surface area (Å²) in [5, 5.41) is 3.08. The number of halogens is 1. The number of methoxy groups -OCH3 is 2. The van der Waals surface area contributed by atoms with Crippen molar-refractivity contribution in [2.24, 2.45) is 0 Å². The van der Waals surface area contributed by atoms with Crippen LogP contribution in [0.1, 0.15) is 44.6 Å². The van der Waals surface area contributed by atoms with Crippen molar-refractivity contribution in [3.8, 4) is 11.5 Å². The fourth-order valence-electron chi connectivity index (χ4n) is 5.15. The van der Waals surface area contributed by atoms with E-state index in [9.17, 15) is 14.0 Å². The Morgan fingerprint density at radius 3 is 2.28 bits per heavy atom. The summed E-state index contributed by atoms with van der Waals surface area (Å²) in [6.07, 6.45) is 0. The van der Waals surface area contributed by atoms with Crippen molar-refractivity contribution in [3.63, 3.8) is 0 Å². The molecule has 198 valence electrons. The lowest BCUT2D eigenvalue weighted by atomic mass is 9.79. The molecule has 2 atom stereocenters. The van der Waals surface area contributed by atoms with E-state index in [1.54, 1.807) is 43.4 Å². The Hall–Kier alpha value is -4.65. The molecule has 4 aromatic rings. The summed E-state index contributed by atoms with van der Waals surface area (Å²) >= 11 is 0. The maximum atomic E-state index is 14.0. The number of carbonyl (C=O) groups excluding carboxylic acids is 2. The molecule has 0 saturated carbocycles. The highest BCUT2D eigenvalue weighted by Crippen LogP contribution is 2.44. The van der Waals surface area contributed by atoms with Gasteiger partial charge in [-0.25, -0.2) is 4.39 Å². The summed E-state index contributed by atoms with van der Waals surface area (Å²) in [6.45, 7) is 0.475. The molecule has 5 rings (SSSR count). The molecule has 1 aliphatic heterocycles. The first-order valence-corrected chi connectivity index (χ1v) is 12.7. The highest BCUT2D eigenvalue weighted by molar-refractivity contribution is 6.01. The van der Waals surface area contributed by atoms with E-state index in [-0.39, 0.29) is 30.7 Å². The molecular weight excluding hydrogens is 495 g/mol. The van der Waals surface area contributed by atoms with Gasteiger partial charge in [0.05, 0.1) is 26.2 Å². The minimum atomic E-state index is -0.692. The largest absolute Gasteiger partial charge is 0.497 e. The topological polar surface area (TPSA) is 67.9 Å². The quantitative estimate of drug-likeness (QED) is 0.324. The van der Waals surface area contributed by atoms with Crippen LogP contribution < -0.4 is 14.8 Å². The van der Waals surface area contributed by atoms with Gasteiger partial charge in [-0.1, -0.05) is 60.7 Å². The van der Waals surface area contributed by atoms with Crippen LogP contribution in [0.5, 0.6) is 11.5 Å². The number of carbonyl (C=O) groups is 2. The minimum absolute atomic E-state index is 0.190. The van der Waals surface area contributed by atoms with E-state index in [0.29, 0.717) is 22.6 Å². The Kier molecular flexibility index (Phi) is 7.59. The lowest BCUT2D eigenvalue weighted by molar-refractivity contribution is -0.124. The number of ether oxygens (including phenoxy) is 2. The van der Waals surface area contributed by atoms with E-state index in [1.165, 1.54) is 12.1 Å². The molecule has 0 saturated heterocycles. The molecule has 1 aliphatic rings. The molecule has 4 aromatic carbocycles. The van der Waals surface area contributed by atoms with E-state index in [0.717, 1.165) is 16.7 Å². The Balaban J connectivity index is 1.58. The SMILES string of the molecule is COc1ccc([C@H]2[C@H](C(=O)NCc3ccccc3OC)c3ccccc3C(=O)N2Cc2ccc(F)cc2)cc1. The van der Waals surface area contributed by atoms with Gasteiger partial charge in [0.2, 0.25) is 5.91 Å². The molecule has 0 fully saturated rings. The summed E-state index contributed by atoms with van der Waals surface area (Å²) in [6, 6.07) is 27.6. The molecule has 0 unspecified atom stereocenters. The molecule has 1 heterocycles. The van der Waals surface area contributed by atoms with Gasteiger partial charge in [0.1, 0.15) is 17.3 Å². The normalized spacial score (nSPS) is 16.4. The average molecular weight is 525 g/mol.